The van der Waals surface area contributed by atoms with E-state index in [9.17, 15) is 9.59 Å². The summed E-state index contributed by atoms with van der Waals surface area (Å²) in [7, 11) is 0. The number of thiazole rings is 1. The largest absolute Gasteiger partial charge is 0.347 e. The van der Waals surface area contributed by atoms with E-state index in [1.54, 1.807) is 17.5 Å². The summed E-state index contributed by atoms with van der Waals surface area (Å²) in [6.07, 6.45) is 0. The Hall–Kier alpha value is -2.70. The first kappa shape index (κ1) is 20.0. The molecule has 144 valence electrons. The number of carbonyl (C=O) groups excluding carboxylic acids is 2. The van der Waals surface area contributed by atoms with E-state index in [2.05, 4.69) is 15.6 Å². The Kier molecular flexibility index (Phi) is 6.44. The van der Waals surface area contributed by atoms with E-state index >= 15 is 0 Å². The van der Waals surface area contributed by atoms with E-state index in [1.165, 1.54) is 11.3 Å². The zero-order valence-corrected chi connectivity index (χ0v) is 17.1. The molecule has 0 aliphatic rings. The number of hydrogen-bond donors (Lipinski definition) is 2. The maximum absolute atomic E-state index is 12.4. The Balaban J connectivity index is 1.57. The van der Waals surface area contributed by atoms with Crippen molar-refractivity contribution in [2.45, 2.75) is 20.4 Å². The molecule has 0 spiro atoms. The molecular formula is C21H20ClN3O2S. The third kappa shape index (κ3) is 5.18. The average molecular weight is 414 g/mol. The topological polar surface area (TPSA) is 71.1 Å². The van der Waals surface area contributed by atoms with Crippen molar-refractivity contribution in [3.8, 4) is 10.6 Å². The van der Waals surface area contributed by atoms with E-state index in [0.717, 1.165) is 21.8 Å². The number of halogens is 1. The Labute approximate surface area is 172 Å². The molecule has 0 saturated heterocycles. The second-order valence-corrected chi connectivity index (χ2v) is 7.86. The number of nitrogens with one attached hydrogen (secondary N) is 2. The van der Waals surface area contributed by atoms with Gasteiger partial charge in [-0.15, -0.1) is 11.3 Å². The van der Waals surface area contributed by atoms with Gasteiger partial charge in [-0.25, -0.2) is 4.98 Å². The van der Waals surface area contributed by atoms with Crippen LogP contribution in [0.5, 0.6) is 0 Å². The Bertz CT molecular complexity index is 966. The van der Waals surface area contributed by atoms with Gasteiger partial charge in [0, 0.05) is 34.1 Å². The highest BCUT2D eigenvalue weighted by atomic mass is 35.5. The summed E-state index contributed by atoms with van der Waals surface area (Å²) < 4.78 is 0. The van der Waals surface area contributed by atoms with Gasteiger partial charge in [-0.3, -0.25) is 9.59 Å². The average Bonchev–Trinajstić information content (AvgIpc) is 3.18. The zero-order chi connectivity index (χ0) is 20.1. The maximum Gasteiger partial charge on any atom is 0.271 e. The van der Waals surface area contributed by atoms with Crippen molar-refractivity contribution in [3.05, 3.63) is 70.2 Å². The highest BCUT2D eigenvalue weighted by molar-refractivity contribution is 7.13. The van der Waals surface area contributed by atoms with Crippen molar-refractivity contribution < 1.29 is 9.59 Å². The molecule has 3 rings (SSSR count). The van der Waals surface area contributed by atoms with Gasteiger partial charge in [-0.2, -0.15) is 0 Å². The van der Waals surface area contributed by atoms with E-state index in [1.807, 2.05) is 50.2 Å². The van der Waals surface area contributed by atoms with Gasteiger partial charge in [-0.1, -0.05) is 49.7 Å². The Morgan fingerprint density at radius 3 is 2.39 bits per heavy atom. The van der Waals surface area contributed by atoms with Crippen molar-refractivity contribution in [1.29, 1.82) is 0 Å². The van der Waals surface area contributed by atoms with Crippen LogP contribution in [-0.2, 0) is 11.3 Å². The molecule has 0 radical (unpaired) electrons. The molecule has 0 aliphatic heterocycles. The predicted molar refractivity (Wildman–Crippen MR) is 114 cm³/mol. The second-order valence-electron chi connectivity index (χ2n) is 6.57. The lowest BCUT2D eigenvalue weighted by Gasteiger charge is -2.09. The fourth-order valence-corrected chi connectivity index (χ4v) is 3.30. The molecule has 2 N–H and O–H groups in total. The standard InChI is InChI=1S/C21H20ClN3O2S/c1-13(2)19(26)24-17-9-3-14(4-10-17)11-23-20(27)18-12-28-21(25-18)15-5-7-16(22)8-6-15/h3-10,12-13H,11H2,1-2H3,(H,23,27)(H,24,26). The number of anilines is 1. The lowest BCUT2D eigenvalue weighted by molar-refractivity contribution is -0.118. The number of amides is 2. The van der Waals surface area contributed by atoms with Gasteiger partial charge in [0.05, 0.1) is 0 Å². The highest BCUT2D eigenvalue weighted by Crippen LogP contribution is 2.25. The van der Waals surface area contributed by atoms with Crippen LogP contribution < -0.4 is 10.6 Å². The van der Waals surface area contributed by atoms with Gasteiger partial charge < -0.3 is 10.6 Å². The van der Waals surface area contributed by atoms with Gasteiger partial charge in [0.25, 0.3) is 5.91 Å². The van der Waals surface area contributed by atoms with Crippen LogP contribution in [0.1, 0.15) is 29.9 Å². The second kappa shape index (κ2) is 8.99. The SMILES string of the molecule is CC(C)C(=O)Nc1ccc(CNC(=O)c2csc(-c3ccc(Cl)cc3)n2)cc1. The summed E-state index contributed by atoms with van der Waals surface area (Å²) in [5.74, 6) is -0.329. The smallest absolute Gasteiger partial charge is 0.271 e. The maximum atomic E-state index is 12.4. The first-order valence-corrected chi connectivity index (χ1v) is 10.1. The number of benzene rings is 2. The van der Waals surface area contributed by atoms with Crippen LogP contribution >= 0.6 is 22.9 Å². The fourth-order valence-electron chi connectivity index (χ4n) is 2.37. The number of carbonyl (C=O) groups is 2. The van der Waals surface area contributed by atoms with E-state index in [4.69, 9.17) is 11.6 Å². The predicted octanol–water partition coefficient (Wildman–Crippen LogP) is 4.99. The van der Waals surface area contributed by atoms with Gasteiger partial charge in [0.15, 0.2) is 0 Å². The minimum atomic E-state index is -0.228. The highest BCUT2D eigenvalue weighted by Gasteiger charge is 2.12. The molecule has 28 heavy (non-hydrogen) atoms. The summed E-state index contributed by atoms with van der Waals surface area (Å²) in [6.45, 7) is 4.07. The zero-order valence-electron chi connectivity index (χ0n) is 15.5. The lowest BCUT2D eigenvalue weighted by Crippen LogP contribution is -2.23. The molecule has 2 amide bonds. The summed E-state index contributed by atoms with van der Waals surface area (Å²) in [4.78, 5) is 28.5. The molecule has 3 aromatic rings. The molecule has 0 aliphatic carbocycles. The van der Waals surface area contributed by atoms with Gasteiger partial charge in [0.1, 0.15) is 10.7 Å². The molecule has 1 aromatic heterocycles. The summed E-state index contributed by atoms with van der Waals surface area (Å²) in [5, 5.41) is 8.87. The van der Waals surface area contributed by atoms with Crippen molar-refractivity contribution in [1.82, 2.24) is 10.3 Å². The minimum Gasteiger partial charge on any atom is -0.347 e. The van der Waals surface area contributed by atoms with Crippen LogP contribution in [0.2, 0.25) is 5.02 Å². The van der Waals surface area contributed by atoms with Gasteiger partial charge in [0.2, 0.25) is 5.91 Å². The molecule has 2 aromatic carbocycles. The van der Waals surface area contributed by atoms with Crippen LogP contribution in [0.15, 0.2) is 53.9 Å². The molecule has 0 fully saturated rings. The Morgan fingerprint density at radius 2 is 1.75 bits per heavy atom. The summed E-state index contributed by atoms with van der Waals surface area (Å²) >= 11 is 7.31. The van der Waals surface area contributed by atoms with Crippen LogP contribution in [-0.4, -0.2) is 16.8 Å². The quantitative estimate of drug-likeness (QED) is 0.598. The van der Waals surface area contributed by atoms with Crippen molar-refractivity contribution in [3.63, 3.8) is 0 Å². The van der Waals surface area contributed by atoms with Crippen molar-refractivity contribution >= 4 is 40.4 Å². The molecule has 7 heteroatoms. The number of rotatable bonds is 6. The molecule has 0 atom stereocenters. The van der Waals surface area contributed by atoms with E-state index in [0.29, 0.717) is 17.3 Å². The lowest BCUT2D eigenvalue weighted by atomic mass is 10.1. The number of aromatic nitrogens is 1. The normalized spacial score (nSPS) is 10.7. The van der Waals surface area contributed by atoms with E-state index < -0.39 is 0 Å². The van der Waals surface area contributed by atoms with Crippen LogP contribution in [0.25, 0.3) is 10.6 Å². The monoisotopic (exact) mass is 413 g/mol. The third-order valence-electron chi connectivity index (χ3n) is 4.03. The van der Waals surface area contributed by atoms with Crippen LogP contribution in [0, 0.1) is 5.92 Å². The summed E-state index contributed by atoms with van der Waals surface area (Å²) in [6, 6.07) is 14.7. The molecule has 1 heterocycles. The molecule has 0 unspecified atom stereocenters. The number of hydrogen-bond acceptors (Lipinski definition) is 4. The summed E-state index contributed by atoms with van der Waals surface area (Å²) in [5.41, 5.74) is 2.98. The third-order valence-corrected chi connectivity index (χ3v) is 5.17. The minimum absolute atomic E-state index is 0.0268. The first-order valence-electron chi connectivity index (χ1n) is 8.82. The molecule has 0 bridgehead atoms. The molecule has 5 nitrogen and oxygen atoms in total. The first-order chi connectivity index (χ1) is 13.4. The van der Waals surface area contributed by atoms with Crippen molar-refractivity contribution in [2.24, 2.45) is 5.92 Å². The number of nitrogens with zero attached hydrogens (tertiary/aromatic N) is 1. The van der Waals surface area contributed by atoms with Gasteiger partial charge >= 0.3 is 0 Å². The Morgan fingerprint density at radius 1 is 1.07 bits per heavy atom. The molecular weight excluding hydrogens is 394 g/mol. The fraction of sp³-hybridized carbons (Fsp3) is 0.190. The van der Waals surface area contributed by atoms with Gasteiger partial charge in [-0.05, 0) is 29.8 Å². The molecule has 0 saturated carbocycles. The van der Waals surface area contributed by atoms with Crippen LogP contribution in [0.4, 0.5) is 5.69 Å². The van der Waals surface area contributed by atoms with E-state index in [-0.39, 0.29) is 17.7 Å². The van der Waals surface area contributed by atoms with Crippen molar-refractivity contribution in [2.75, 3.05) is 5.32 Å². The van der Waals surface area contributed by atoms with Crippen LogP contribution in [0.3, 0.4) is 0 Å².